The summed E-state index contributed by atoms with van der Waals surface area (Å²) in [5, 5.41) is 10.2. The van der Waals surface area contributed by atoms with E-state index in [0.717, 1.165) is 11.3 Å². The van der Waals surface area contributed by atoms with Gasteiger partial charge in [0.05, 0.1) is 12.7 Å². The van der Waals surface area contributed by atoms with Gasteiger partial charge in [-0.15, -0.1) is 0 Å². The topological polar surface area (TPSA) is 29.5 Å². The van der Waals surface area contributed by atoms with Crippen LogP contribution in [0.2, 0.25) is 0 Å². The van der Waals surface area contributed by atoms with Crippen LogP contribution in [0.5, 0.6) is 5.75 Å². The predicted octanol–water partition coefficient (Wildman–Crippen LogP) is 2.56. The van der Waals surface area contributed by atoms with Crippen LogP contribution in [-0.2, 0) is 5.60 Å². The Labute approximate surface area is 85.5 Å². The highest BCUT2D eigenvalue weighted by molar-refractivity contribution is 5.32. The molecule has 2 nitrogen and oxygen atoms in total. The third-order valence-electron chi connectivity index (χ3n) is 2.78. The molecule has 0 unspecified atom stereocenters. The van der Waals surface area contributed by atoms with Crippen LogP contribution >= 0.6 is 0 Å². The number of benzene rings is 1. The van der Waals surface area contributed by atoms with Gasteiger partial charge in [-0.2, -0.15) is 0 Å². The van der Waals surface area contributed by atoms with Gasteiger partial charge in [0.15, 0.2) is 0 Å². The minimum Gasteiger partial charge on any atom is -0.497 e. The normalized spacial score (nSPS) is 15.3. The van der Waals surface area contributed by atoms with Crippen molar-refractivity contribution in [1.82, 2.24) is 0 Å². The molecule has 0 spiro atoms. The molecular formula is C12H18O2. The van der Waals surface area contributed by atoms with Crippen LogP contribution in [0, 0.1) is 5.92 Å². The Morgan fingerprint density at radius 2 is 2.00 bits per heavy atom. The van der Waals surface area contributed by atoms with Crippen LogP contribution in [0.4, 0.5) is 0 Å². The van der Waals surface area contributed by atoms with Crippen LogP contribution in [0.1, 0.15) is 26.3 Å². The third-order valence-corrected chi connectivity index (χ3v) is 2.78. The molecule has 0 bridgehead atoms. The van der Waals surface area contributed by atoms with Crippen molar-refractivity contribution < 1.29 is 9.84 Å². The quantitative estimate of drug-likeness (QED) is 0.801. The van der Waals surface area contributed by atoms with Crippen molar-refractivity contribution >= 4 is 0 Å². The van der Waals surface area contributed by atoms with Gasteiger partial charge in [0.25, 0.3) is 0 Å². The standard InChI is InChI=1S/C12H18O2/c1-9(2)12(3,13)10-6-5-7-11(8-10)14-4/h5-9,13H,1-4H3/t12-/m1/s1. The molecule has 2 heteroatoms. The predicted molar refractivity (Wildman–Crippen MR) is 57.4 cm³/mol. The second kappa shape index (κ2) is 4.01. The zero-order valence-electron chi connectivity index (χ0n) is 9.24. The SMILES string of the molecule is COc1cccc([C@](C)(O)C(C)C)c1. The summed E-state index contributed by atoms with van der Waals surface area (Å²) < 4.78 is 5.12. The minimum atomic E-state index is -0.797. The number of rotatable bonds is 3. The molecule has 1 rings (SSSR count). The van der Waals surface area contributed by atoms with Crippen LogP contribution in [0.25, 0.3) is 0 Å². The van der Waals surface area contributed by atoms with Crippen LogP contribution in [-0.4, -0.2) is 12.2 Å². The lowest BCUT2D eigenvalue weighted by Crippen LogP contribution is -2.27. The van der Waals surface area contributed by atoms with Gasteiger partial charge in [-0.25, -0.2) is 0 Å². The molecule has 0 amide bonds. The number of hydrogen-bond acceptors (Lipinski definition) is 2. The van der Waals surface area contributed by atoms with Crippen LogP contribution in [0.3, 0.4) is 0 Å². The highest BCUT2D eigenvalue weighted by Crippen LogP contribution is 2.30. The lowest BCUT2D eigenvalue weighted by molar-refractivity contribution is 0.00888. The fourth-order valence-electron chi connectivity index (χ4n) is 1.27. The van der Waals surface area contributed by atoms with E-state index in [-0.39, 0.29) is 5.92 Å². The zero-order valence-corrected chi connectivity index (χ0v) is 9.24. The van der Waals surface area contributed by atoms with E-state index in [0.29, 0.717) is 0 Å². The molecule has 0 aliphatic carbocycles. The van der Waals surface area contributed by atoms with Gasteiger partial charge < -0.3 is 9.84 Å². The Kier molecular flexibility index (Phi) is 3.17. The average molecular weight is 194 g/mol. The Bertz CT molecular complexity index is 303. The zero-order chi connectivity index (χ0) is 10.8. The molecule has 0 radical (unpaired) electrons. The van der Waals surface area contributed by atoms with E-state index in [1.807, 2.05) is 45.0 Å². The van der Waals surface area contributed by atoms with E-state index in [1.54, 1.807) is 7.11 Å². The van der Waals surface area contributed by atoms with Crippen LogP contribution in [0.15, 0.2) is 24.3 Å². The first-order chi connectivity index (χ1) is 6.48. The number of methoxy groups -OCH3 is 1. The van der Waals surface area contributed by atoms with Gasteiger partial charge in [0.1, 0.15) is 5.75 Å². The lowest BCUT2D eigenvalue weighted by atomic mass is 9.85. The number of aliphatic hydroxyl groups is 1. The summed E-state index contributed by atoms with van der Waals surface area (Å²) in [5.74, 6) is 0.957. The molecule has 0 aliphatic rings. The first kappa shape index (κ1) is 11.1. The Hall–Kier alpha value is -1.02. The summed E-state index contributed by atoms with van der Waals surface area (Å²) in [6.07, 6.45) is 0. The monoisotopic (exact) mass is 194 g/mol. The molecule has 0 fully saturated rings. The highest BCUT2D eigenvalue weighted by Gasteiger charge is 2.27. The summed E-state index contributed by atoms with van der Waals surface area (Å²) in [7, 11) is 1.63. The fourth-order valence-corrected chi connectivity index (χ4v) is 1.27. The second-order valence-electron chi connectivity index (χ2n) is 4.03. The fraction of sp³-hybridized carbons (Fsp3) is 0.500. The molecular weight excluding hydrogens is 176 g/mol. The van der Waals surface area contributed by atoms with Gasteiger partial charge in [-0.3, -0.25) is 0 Å². The maximum atomic E-state index is 10.2. The molecule has 0 saturated heterocycles. The van der Waals surface area contributed by atoms with Crippen molar-refractivity contribution in [2.45, 2.75) is 26.4 Å². The second-order valence-corrected chi connectivity index (χ2v) is 4.03. The van der Waals surface area contributed by atoms with Gasteiger partial charge in [0.2, 0.25) is 0 Å². The first-order valence-electron chi connectivity index (χ1n) is 4.85. The molecule has 14 heavy (non-hydrogen) atoms. The van der Waals surface area contributed by atoms with E-state index in [9.17, 15) is 5.11 Å². The maximum absolute atomic E-state index is 10.2. The summed E-state index contributed by atoms with van der Waals surface area (Å²) in [6.45, 7) is 5.82. The molecule has 1 aromatic carbocycles. The van der Waals surface area contributed by atoms with Crippen molar-refractivity contribution in [3.8, 4) is 5.75 Å². The van der Waals surface area contributed by atoms with Crippen molar-refractivity contribution in [3.63, 3.8) is 0 Å². The molecule has 1 aromatic rings. The summed E-state index contributed by atoms with van der Waals surface area (Å²) in [5.41, 5.74) is 0.0981. The van der Waals surface area contributed by atoms with E-state index in [2.05, 4.69) is 0 Å². The highest BCUT2D eigenvalue weighted by atomic mass is 16.5. The van der Waals surface area contributed by atoms with Crippen LogP contribution < -0.4 is 4.74 Å². The van der Waals surface area contributed by atoms with Gasteiger partial charge >= 0.3 is 0 Å². The molecule has 0 aliphatic heterocycles. The smallest absolute Gasteiger partial charge is 0.119 e. The van der Waals surface area contributed by atoms with E-state index < -0.39 is 5.60 Å². The van der Waals surface area contributed by atoms with E-state index >= 15 is 0 Å². The van der Waals surface area contributed by atoms with Crippen molar-refractivity contribution in [1.29, 1.82) is 0 Å². The van der Waals surface area contributed by atoms with Crippen molar-refractivity contribution in [3.05, 3.63) is 29.8 Å². The maximum Gasteiger partial charge on any atom is 0.119 e. The summed E-state index contributed by atoms with van der Waals surface area (Å²) in [4.78, 5) is 0. The minimum absolute atomic E-state index is 0.176. The number of ether oxygens (including phenoxy) is 1. The van der Waals surface area contributed by atoms with Gasteiger partial charge in [-0.05, 0) is 30.5 Å². The molecule has 0 aromatic heterocycles. The van der Waals surface area contributed by atoms with E-state index in [1.165, 1.54) is 0 Å². The molecule has 1 N–H and O–H groups in total. The number of hydrogen-bond donors (Lipinski definition) is 1. The largest absolute Gasteiger partial charge is 0.497 e. The van der Waals surface area contributed by atoms with Gasteiger partial charge in [0, 0.05) is 0 Å². The molecule has 0 heterocycles. The van der Waals surface area contributed by atoms with Gasteiger partial charge in [-0.1, -0.05) is 26.0 Å². The van der Waals surface area contributed by atoms with Crippen molar-refractivity contribution in [2.75, 3.05) is 7.11 Å². The van der Waals surface area contributed by atoms with E-state index in [4.69, 9.17) is 4.74 Å². The Balaban J connectivity index is 3.06. The average Bonchev–Trinajstić information content (AvgIpc) is 2.17. The Morgan fingerprint density at radius 1 is 1.36 bits per heavy atom. The molecule has 78 valence electrons. The third kappa shape index (κ3) is 2.07. The summed E-state index contributed by atoms with van der Waals surface area (Å²) >= 11 is 0. The Morgan fingerprint density at radius 3 is 2.50 bits per heavy atom. The molecule has 0 saturated carbocycles. The van der Waals surface area contributed by atoms with Crippen molar-refractivity contribution in [2.24, 2.45) is 5.92 Å². The lowest BCUT2D eigenvalue weighted by Gasteiger charge is -2.28. The first-order valence-corrected chi connectivity index (χ1v) is 4.85. The summed E-state index contributed by atoms with van der Waals surface area (Å²) in [6, 6.07) is 7.56. The molecule has 1 atom stereocenters.